The van der Waals surface area contributed by atoms with Gasteiger partial charge in [-0.05, 0) is 40.9 Å². The second-order valence-corrected chi connectivity index (χ2v) is 5.12. The Morgan fingerprint density at radius 1 is 1.21 bits per heavy atom. The van der Waals surface area contributed by atoms with Gasteiger partial charge in [-0.25, -0.2) is 4.98 Å². The summed E-state index contributed by atoms with van der Waals surface area (Å²) in [4.78, 5) is 9.05. The minimum Gasteiger partial charge on any atom is -0.271 e. The van der Waals surface area contributed by atoms with E-state index in [1.807, 2.05) is 24.3 Å². The SMILES string of the molecule is NNC(Cc1ccsc1)c1cnc2ccccc2n1. The van der Waals surface area contributed by atoms with Crippen LogP contribution in [-0.4, -0.2) is 9.97 Å². The van der Waals surface area contributed by atoms with E-state index in [4.69, 9.17) is 5.84 Å². The molecule has 19 heavy (non-hydrogen) atoms. The van der Waals surface area contributed by atoms with Gasteiger partial charge in [0.2, 0.25) is 0 Å². The van der Waals surface area contributed by atoms with Gasteiger partial charge in [-0.15, -0.1) is 0 Å². The number of hydrazine groups is 1. The predicted molar refractivity (Wildman–Crippen MR) is 77.6 cm³/mol. The molecule has 0 bridgehead atoms. The summed E-state index contributed by atoms with van der Waals surface area (Å²) >= 11 is 1.69. The highest BCUT2D eigenvalue weighted by atomic mass is 32.1. The molecule has 3 rings (SSSR count). The first-order chi connectivity index (χ1) is 9.36. The van der Waals surface area contributed by atoms with Crippen molar-refractivity contribution in [3.05, 3.63) is 58.5 Å². The molecule has 1 aromatic carbocycles. The van der Waals surface area contributed by atoms with Crippen molar-refractivity contribution in [3.8, 4) is 0 Å². The number of fused-ring (bicyclic) bond motifs is 1. The van der Waals surface area contributed by atoms with Gasteiger partial charge in [-0.3, -0.25) is 16.3 Å². The summed E-state index contributed by atoms with van der Waals surface area (Å²) < 4.78 is 0. The van der Waals surface area contributed by atoms with Gasteiger partial charge in [0.25, 0.3) is 0 Å². The zero-order chi connectivity index (χ0) is 13.1. The Kier molecular flexibility index (Phi) is 3.50. The summed E-state index contributed by atoms with van der Waals surface area (Å²) in [6.45, 7) is 0. The maximum Gasteiger partial charge on any atom is 0.0890 e. The number of hydrogen-bond donors (Lipinski definition) is 2. The van der Waals surface area contributed by atoms with Gasteiger partial charge in [-0.2, -0.15) is 11.3 Å². The second kappa shape index (κ2) is 5.44. The van der Waals surface area contributed by atoms with Crippen LogP contribution in [-0.2, 0) is 6.42 Å². The lowest BCUT2D eigenvalue weighted by Gasteiger charge is -2.14. The molecule has 0 aliphatic rings. The summed E-state index contributed by atoms with van der Waals surface area (Å²) in [6.07, 6.45) is 2.60. The first-order valence-electron chi connectivity index (χ1n) is 6.05. The van der Waals surface area contributed by atoms with E-state index in [-0.39, 0.29) is 6.04 Å². The monoisotopic (exact) mass is 270 g/mol. The van der Waals surface area contributed by atoms with E-state index in [0.29, 0.717) is 0 Å². The van der Waals surface area contributed by atoms with E-state index in [2.05, 4.69) is 32.2 Å². The van der Waals surface area contributed by atoms with Crippen LogP contribution < -0.4 is 11.3 Å². The number of rotatable bonds is 4. The molecule has 0 fully saturated rings. The molecule has 3 aromatic rings. The standard InChI is InChI=1S/C14H14N4S/c15-18-13(7-10-5-6-19-9-10)14-8-16-11-3-1-2-4-12(11)17-14/h1-6,8-9,13,18H,7,15H2. The molecule has 0 aliphatic heterocycles. The van der Waals surface area contributed by atoms with Crippen molar-refractivity contribution in [3.63, 3.8) is 0 Å². The molecule has 96 valence electrons. The molecule has 0 spiro atoms. The number of nitrogens with zero attached hydrogens (tertiary/aromatic N) is 2. The molecule has 1 unspecified atom stereocenters. The van der Waals surface area contributed by atoms with Crippen LogP contribution in [0.1, 0.15) is 17.3 Å². The Labute approximate surface area is 115 Å². The first-order valence-corrected chi connectivity index (χ1v) is 7.00. The van der Waals surface area contributed by atoms with Crippen LogP contribution in [0.5, 0.6) is 0 Å². The maximum atomic E-state index is 5.65. The topological polar surface area (TPSA) is 63.8 Å². The molecule has 4 nitrogen and oxygen atoms in total. The fraction of sp³-hybridized carbons (Fsp3) is 0.143. The number of thiophene rings is 1. The van der Waals surface area contributed by atoms with Crippen molar-refractivity contribution in [1.29, 1.82) is 0 Å². The zero-order valence-electron chi connectivity index (χ0n) is 10.3. The van der Waals surface area contributed by atoms with E-state index in [1.165, 1.54) is 5.56 Å². The quantitative estimate of drug-likeness (QED) is 0.564. The van der Waals surface area contributed by atoms with Gasteiger partial charge in [0, 0.05) is 0 Å². The van der Waals surface area contributed by atoms with Gasteiger partial charge >= 0.3 is 0 Å². The number of hydrogen-bond acceptors (Lipinski definition) is 5. The van der Waals surface area contributed by atoms with E-state index in [1.54, 1.807) is 17.5 Å². The molecule has 0 saturated carbocycles. The van der Waals surface area contributed by atoms with Crippen LogP contribution in [0.3, 0.4) is 0 Å². The minimum atomic E-state index is -0.0216. The summed E-state index contributed by atoms with van der Waals surface area (Å²) in [5.41, 5.74) is 6.74. The predicted octanol–water partition coefficient (Wildman–Crippen LogP) is 2.44. The largest absolute Gasteiger partial charge is 0.271 e. The molecule has 2 aromatic heterocycles. The molecule has 1 atom stereocenters. The van der Waals surface area contributed by atoms with Crippen molar-refractivity contribution in [2.75, 3.05) is 0 Å². The number of benzene rings is 1. The van der Waals surface area contributed by atoms with Crippen molar-refractivity contribution in [2.45, 2.75) is 12.5 Å². The Morgan fingerprint density at radius 3 is 2.79 bits per heavy atom. The Hall–Kier alpha value is -1.82. The molecular formula is C14H14N4S. The van der Waals surface area contributed by atoms with E-state index in [9.17, 15) is 0 Å². The third-order valence-corrected chi connectivity index (χ3v) is 3.78. The van der Waals surface area contributed by atoms with Gasteiger partial charge in [0.1, 0.15) is 0 Å². The zero-order valence-corrected chi connectivity index (χ0v) is 11.1. The average Bonchev–Trinajstić information content (AvgIpc) is 2.97. The molecule has 2 heterocycles. The van der Waals surface area contributed by atoms with E-state index in [0.717, 1.165) is 23.1 Å². The van der Waals surface area contributed by atoms with Crippen molar-refractivity contribution >= 4 is 22.4 Å². The maximum absolute atomic E-state index is 5.65. The summed E-state index contributed by atoms with van der Waals surface area (Å²) in [6, 6.07) is 9.92. The number of aromatic nitrogens is 2. The van der Waals surface area contributed by atoms with Gasteiger partial charge < -0.3 is 0 Å². The molecule has 0 aliphatic carbocycles. The Morgan fingerprint density at radius 2 is 2.05 bits per heavy atom. The van der Waals surface area contributed by atoms with Crippen LogP contribution in [0, 0.1) is 0 Å². The van der Waals surface area contributed by atoms with E-state index >= 15 is 0 Å². The normalized spacial score (nSPS) is 12.7. The van der Waals surface area contributed by atoms with Gasteiger partial charge in [-0.1, -0.05) is 12.1 Å². The molecule has 3 N–H and O–H groups in total. The lowest BCUT2D eigenvalue weighted by Crippen LogP contribution is -2.30. The lowest BCUT2D eigenvalue weighted by atomic mass is 10.1. The average molecular weight is 270 g/mol. The summed E-state index contributed by atoms with van der Waals surface area (Å²) in [5.74, 6) is 5.65. The Balaban J connectivity index is 1.92. The highest BCUT2D eigenvalue weighted by Gasteiger charge is 2.13. The molecule has 0 radical (unpaired) electrons. The lowest BCUT2D eigenvalue weighted by molar-refractivity contribution is 0.539. The second-order valence-electron chi connectivity index (χ2n) is 4.34. The molecule has 0 amide bonds. The first kappa shape index (κ1) is 12.2. The summed E-state index contributed by atoms with van der Waals surface area (Å²) in [5, 5.41) is 4.19. The molecule has 5 heteroatoms. The van der Waals surface area contributed by atoms with Gasteiger partial charge in [0.05, 0.1) is 29.0 Å². The number of nitrogens with one attached hydrogen (secondary N) is 1. The fourth-order valence-electron chi connectivity index (χ4n) is 2.03. The van der Waals surface area contributed by atoms with Crippen LogP contribution >= 0.6 is 11.3 Å². The molecular weight excluding hydrogens is 256 g/mol. The highest BCUT2D eigenvalue weighted by Crippen LogP contribution is 2.19. The van der Waals surface area contributed by atoms with Crippen LogP contribution in [0.25, 0.3) is 11.0 Å². The highest BCUT2D eigenvalue weighted by molar-refractivity contribution is 7.07. The van der Waals surface area contributed by atoms with E-state index < -0.39 is 0 Å². The van der Waals surface area contributed by atoms with Crippen LogP contribution in [0.4, 0.5) is 0 Å². The Bertz CT molecular complexity index is 666. The summed E-state index contributed by atoms with van der Waals surface area (Å²) in [7, 11) is 0. The molecule has 0 saturated heterocycles. The van der Waals surface area contributed by atoms with Crippen LogP contribution in [0.2, 0.25) is 0 Å². The van der Waals surface area contributed by atoms with Gasteiger partial charge in [0.15, 0.2) is 0 Å². The minimum absolute atomic E-state index is 0.0216. The van der Waals surface area contributed by atoms with Crippen molar-refractivity contribution in [2.24, 2.45) is 5.84 Å². The third kappa shape index (κ3) is 2.63. The van der Waals surface area contributed by atoms with Crippen LogP contribution in [0.15, 0.2) is 47.3 Å². The van der Waals surface area contributed by atoms with Crippen molar-refractivity contribution in [1.82, 2.24) is 15.4 Å². The smallest absolute Gasteiger partial charge is 0.0890 e. The van der Waals surface area contributed by atoms with Crippen molar-refractivity contribution < 1.29 is 0 Å². The number of nitrogens with two attached hydrogens (primary N) is 1. The number of para-hydroxylation sites is 2. The fourth-order valence-corrected chi connectivity index (χ4v) is 2.71. The third-order valence-electron chi connectivity index (χ3n) is 3.05.